The second-order valence-corrected chi connectivity index (χ2v) is 5.40. The summed E-state index contributed by atoms with van der Waals surface area (Å²) < 4.78 is 4.08. The number of fused-ring (bicyclic) bond motifs is 1. The van der Waals surface area contributed by atoms with Gasteiger partial charge in [0.15, 0.2) is 0 Å². The average molecular weight is 259 g/mol. The van der Waals surface area contributed by atoms with E-state index in [0.29, 0.717) is 6.04 Å². The van der Waals surface area contributed by atoms with Crippen molar-refractivity contribution in [2.45, 2.75) is 38.3 Å². The standard InChI is InChI=1S/C14H21N5/c1-10(14-15-7-8-18(14)2)17-12-5-4-6-13-11(12)9-16-19(13)3/h7-10,12,17H,4-6H2,1-3H3. The van der Waals surface area contributed by atoms with Crippen LogP contribution in [0.25, 0.3) is 0 Å². The van der Waals surface area contributed by atoms with Gasteiger partial charge in [-0.25, -0.2) is 4.98 Å². The first-order valence-corrected chi connectivity index (χ1v) is 6.91. The monoisotopic (exact) mass is 259 g/mol. The highest BCUT2D eigenvalue weighted by molar-refractivity contribution is 5.25. The molecule has 5 nitrogen and oxygen atoms in total. The van der Waals surface area contributed by atoms with E-state index in [4.69, 9.17) is 0 Å². The van der Waals surface area contributed by atoms with E-state index in [1.54, 1.807) is 0 Å². The van der Waals surface area contributed by atoms with Crippen LogP contribution in [-0.4, -0.2) is 19.3 Å². The molecule has 2 heterocycles. The maximum absolute atomic E-state index is 4.42. The fraction of sp³-hybridized carbons (Fsp3) is 0.571. The van der Waals surface area contributed by atoms with Gasteiger partial charge in [-0.1, -0.05) is 0 Å². The van der Waals surface area contributed by atoms with Crippen molar-refractivity contribution in [1.29, 1.82) is 0 Å². The molecule has 3 rings (SSSR count). The number of nitrogens with one attached hydrogen (secondary N) is 1. The predicted octanol–water partition coefficient (Wildman–Crippen LogP) is 1.88. The molecule has 0 radical (unpaired) electrons. The molecule has 2 unspecified atom stereocenters. The molecule has 2 atom stereocenters. The molecule has 0 saturated carbocycles. The molecule has 1 N–H and O–H groups in total. The van der Waals surface area contributed by atoms with E-state index >= 15 is 0 Å². The Kier molecular flexibility index (Phi) is 3.14. The summed E-state index contributed by atoms with van der Waals surface area (Å²) in [5.74, 6) is 1.08. The number of rotatable bonds is 3. The van der Waals surface area contributed by atoms with Crippen molar-refractivity contribution in [3.8, 4) is 0 Å². The van der Waals surface area contributed by atoms with Gasteiger partial charge in [0, 0.05) is 43.8 Å². The van der Waals surface area contributed by atoms with Crippen LogP contribution in [0.5, 0.6) is 0 Å². The second-order valence-electron chi connectivity index (χ2n) is 5.40. The predicted molar refractivity (Wildman–Crippen MR) is 73.6 cm³/mol. The molecule has 5 heteroatoms. The van der Waals surface area contributed by atoms with Gasteiger partial charge in [-0.3, -0.25) is 4.68 Å². The fourth-order valence-corrected chi connectivity index (χ4v) is 3.05. The summed E-state index contributed by atoms with van der Waals surface area (Å²) in [6, 6.07) is 0.639. The molecule has 0 saturated heterocycles. The third-order valence-electron chi connectivity index (χ3n) is 4.07. The van der Waals surface area contributed by atoms with Crippen molar-refractivity contribution in [3.63, 3.8) is 0 Å². The Labute approximate surface area is 113 Å². The van der Waals surface area contributed by atoms with Crippen molar-refractivity contribution >= 4 is 0 Å². The highest BCUT2D eigenvalue weighted by Crippen LogP contribution is 2.31. The summed E-state index contributed by atoms with van der Waals surface area (Å²) in [7, 11) is 4.07. The molecule has 102 valence electrons. The van der Waals surface area contributed by atoms with Crippen LogP contribution in [0.4, 0.5) is 0 Å². The van der Waals surface area contributed by atoms with Crippen molar-refractivity contribution in [2.24, 2.45) is 14.1 Å². The SMILES string of the molecule is CC(NC1CCCc2c1cnn2C)c1nccn1C. The number of aromatic nitrogens is 4. The van der Waals surface area contributed by atoms with Gasteiger partial charge >= 0.3 is 0 Å². The van der Waals surface area contributed by atoms with Gasteiger partial charge in [-0.2, -0.15) is 5.10 Å². The molecular formula is C14H21N5. The van der Waals surface area contributed by atoms with Crippen LogP contribution in [0.15, 0.2) is 18.6 Å². The maximum Gasteiger partial charge on any atom is 0.125 e. The molecule has 2 aromatic rings. The van der Waals surface area contributed by atoms with Gasteiger partial charge in [0.25, 0.3) is 0 Å². The van der Waals surface area contributed by atoms with E-state index in [9.17, 15) is 0 Å². The highest BCUT2D eigenvalue weighted by Gasteiger charge is 2.25. The molecule has 1 aliphatic rings. The van der Waals surface area contributed by atoms with Gasteiger partial charge in [0.05, 0.1) is 12.2 Å². The first-order valence-electron chi connectivity index (χ1n) is 6.91. The third kappa shape index (κ3) is 2.18. The minimum atomic E-state index is 0.246. The van der Waals surface area contributed by atoms with E-state index in [1.807, 2.05) is 37.4 Å². The number of aryl methyl sites for hydroxylation is 2. The zero-order valence-corrected chi connectivity index (χ0v) is 11.8. The van der Waals surface area contributed by atoms with E-state index in [0.717, 1.165) is 12.2 Å². The van der Waals surface area contributed by atoms with Crippen LogP contribution >= 0.6 is 0 Å². The van der Waals surface area contributed by atoms with Gasteiger partial charge in [-0.05, 0) is 26.2 Å². The molecule has 2 aromatic heterocycles. The van der Waals surface area contributed by atoms with Crippen molar-refractivity contribution in [3.05, 3.63) is 35.7 Å². The van der Waals surface area contributed by atoms with Crippen molar-refractivity contribution in [1.82, 2.24) is 24.6 Å². The summed E-state index contributed by atoms with van der Waals surface area (Å²) in [6.07, 6.45) is 9.39. The van der Waals surface area contributed by atoms with Crippen LogP contribution in [0.3, 0.4) is 0 Å². The fourth-order valence-electron chi connectivity index (χ4n) is 3.05. The van der Waals surface area contributed by atoms with Gasteiger partial charge < -0.3 is 9.88 Å². The summed E-state index contributed by atoms with van der Waals surface area (Å²) in [5, 5.41) is 8.09. The lowest BCUT2D eigenvalue weighted by Crippen LogP contribution is -2.29. The Bertz CT molecular complexity index is 568. The molecular weight excluding hydrogens is 238 g/mol. The summed E-state index contributed by atoms with van der Waals surface area (Å²) in [5.41, 5.74) is 2.73. The minimum Gasteiger partial charge on any atom is -0.337 e. The molecule has 0 fully saturated rings. The summed E-state index contributed by atoms with van der Waals surface area (Å²) in [4.78, 5) is 4.42. The molecule has 0 amide bonds. The summed E-state index contributed by atoms with van der Waals surface area (Å²) >= 11 is 0. The lowest BCUT2D eigenvalue weighted by molar-refractivity contribution is 0.397. The highest BCUT2D eigenvalue weighted by atomic mass is 15.3. The Morgan fingerprint density at radius 1 is 1.42 bits per heavy atom. The lowest BCUT2D eigenvalue weighted by Gasteiger charge is -2.27. The van der Waals surface area contributed by atoms with Crippen LogP contribution in [0, 0.1) is 0 Å². The number of hydrogen-bond donors (Lipinski definition) is 1. The Morgan fingerprint density at radius 3 is 3.00 bits per heavy atom. The number of imidazole rings is 1. The van der Waals surface area contributed by atoms with E-state index in [-0.39, 0.29) is 6.04 Å². The van der Waals surface area contributed by atoms with Gasteiger partial charge in [0.2, 0.25) is 0 Å². The average Bonchev–Trinajstić information content (AvgIpc) is 2.97. The Hall–Kier alpha value is -1.62. The first-order chi connectivity index (χ1) is 9.16. The van der Waals surface area contributed by atoms with E-state index < -0.39 is 0 Å². The van der Waals surface area contributed by atoms with E-state index in [2.05, 4.69) is 26.9 Å². The molecule has 0 bridgehead atoms. The second kappa shape index (κ2) is 4.81. The van der Waals surface area contributed by atoms with Crippen molar-refractivity contribution in [2.75, 3.05) is 0 Å². The third-order valence-corrected chi connectivity index (χ3v) is 4.07. The zero-order valence-electron chi connectivity index (χ0n) is 11.8. The smallest absolute Gasteiger partial charge is 0.125 e. The lowest BCUT2D eigenvalue weighted by atomic mass is 9.92. The Morgan fingerprint density at radius 2 is 2.26 bits per heavy atom. The van der Waals surface area contributed by atoms with Crippen LogP contribution in [-0.2, 0) is 20.5 Å². The first kappa shape index (κ1) is 12.4. The maximum atomic E-state index is 4.42. The molecule has 0 aliphatic heterocycles. The molecule has 0 spiro atoms. The zero-order chi connectivity index (χ0) is 13.4. The Balaban J connectivity index is 1.80. The van der Waals surface area contributed by atoms with Gasteiger partial charge in [0.1, 0.15) is 5.82 Å². The quantitative estimate of drug-likeness (QED) is 0.915. The number of nitrogens with zero attached hydrogens (tertiary/aromatic N) is 4. The largest absolute Gasteiger partial charge is 0.337 e. The number of hydrogen-bond acceptors (Lipinski definition) is 3. The van der Waals surface area contributed by atoms with E-state index in [1.165, 1.54) is 24.1 Å². The van der Waals surface area contributed by atoms with Crippen LogP contribution in [0.1, 0.15) is 48.9 Å². The molecule has 1 aliphatic carbocycles. The van der Waals surface area contributed by atoms with Crippen LogP contribution in [0.2, 0.25) is 0 Å². The topological polar surface area (TPSA) is 47.7 Å². The molecule has 19 heavy (non-hydrogen) atoms. The van der Waals surface area contributed by atoms with Crippen LogP contribution < -0.4 is 5.32 Å². The van der Waals surface area contributed by atoms with Gasteiger partial charge in [-0.15, -0.1) is 0 Å². The normalized spacial score (nSPS) is 20.3. The van der Waals surface area contributed by atoms with Crippen molar-refractivity contribution < 1.29 is 0 Å². The summed E-state index contributed by atoms with van der Waals surface area (Å²) in [6.45, 7) is 2.17. The molecule has 0 aromatic carbocycles. The minimum absolute atomic E-state index is 0.246.